The van der Waals surface area contributed by atoms with Crippen LogP contribution in [0.5, 0.6) is 0 Å². The number of amides is 1. The number of halogens is 3. The van der Waals surface area contributed by atoms with Crippen LogP contribution in [0.15, 0.2) is 34.0 Å². The van der Waals surface area contributed by atoms with Gasteiger partial charge in [0.25, 0.3) is 11.2 Å². The van der Waals surface area contributed by atoms with Crippen molar-refractivity contribution in [2.75, 3.05) is 13.2 Å². The molecule has 0 bridgehead atoms. The fraction of sp³-hybridized carbons (Fsp3) is 0.435. The molecule has 0 radical (unpaired) electrons. The van der Waals surface area contributed by atoms with Gasteiger partial charge >= 0.3 is 17.8 Å². The van der Waals surface area contributed by atoms with E-state index in [9.17, 15) is 47.9 Å². The summed E-state index contributed by atoms with van der Waals surface area (Å²) in [5, 5.41) is 32.3. The number of aliphatic hydroxyl groups is 2. The van der Waals surface area contributed by atoms with Gasteiger partial charge in [0, 0.05) is 24.2 Å². The predicted octanol–water partition coefficient (Wildman–Crippen LogP) is 0.393. The number of ether oxygens (including phenoxy) is 2. The molecular weight excluding hydrogens is 533 g/mol. The topological polar surface area (TPSA) is 186 Å². The molecular formula is C23H23F3N4O9. The van der Waals surface area contributed by atoms with E-state index in [1.165, 1.54) is 25.3 Å². The molecule has 39 heavy (non-hydrogen) atoms. The quantitative estimate of drug-likeness (QED) is 0.203. The van der Waals surface area contributed by atoms with Crippen LogP contribution in [0.2, 0.25) is 0 Å². The highest BCUT2D eigenvalue weighted by atomic mass is 19.4. The zero-order chi connectivity index (χ0) is 28.9. The number of rotatable bonds is 8. The molecule has 4 N–H and O–H groups in total. The fourth-order valence-corrected chi connectivity index (χ4v) is 3.69. The first-order chi connectivity index (χ1) is 18.3. The number of nitrogens with zero attached hydrogens (tertiary/aromatic N) is 2. The van der Waals surface area contributed by atoms with Crippen molar-refractivity contribution in [1.82, 2.24) is 14.9 Å². The highest BCUT2D eigenvalue weighted by molar-refractivity contribution is 5.81. The molecule has 0 aliphatic carbocycles. The normalized spacial score (nSPS) is 19.7. The molecule has 1 aromatic carbocycles. The molecule has 3 rings (SSSR count). The second-order valence-electron chi connectivity index (χ2n) is 8.40. The Kier molecular flexibility index (Phi) is 9.24. The van der Waals surface area contributed by atoms with Crippen LogP contribution < -0.4 is 16.6 Å². The molecule has 1 aliphatic rings. The van der Waals surface area contributed by atoms with Crippen LogP contribution in [-0.2, 0) is 20.9 Å². The minimum Gasteiger partial charge on any atom is -0.394 e. The Morgan fingerprint density at radius 1 is 1.41 bits per heavy atom. The second kappa shape index (κ2) is 12.2. The summed E-state index contributed by atoms with van der Waals surface area (Å²) < 4.78 is 48.7. The third-order valence-electron chi connectivity index (χ3n) is 5.72. The number of H-pyrrole nitrogens is 1. The first-order valence-corrected chi connectivity index (χ1v) is 11.3. The molecule has 1 saturated heterocycles. The van der Waals surface area contributed by atoms with E-state index in [1.807, 2.05) is 0 Å². The third-order valence-corrected chi connectivity index (χ3v) is 5.72. The van der Waals surface area contributed by atoms with Crippen molar-refractivity contribution in [1.29, 1.82) is 0 Å². The number of alkyl halides is 3. The number of carbonyl (C=O) groups is 1. The Bertz CT molecular complexity index is 1410. The van der Waals surface area contributed by atoms with Gasteiger partial charge in [-0.05, 0) is 19.1 Å². The van der Waals surface area contributed by atoms with Crippen molar-refractivity contribution in [3.63, 3.8) is 0 Å². The van der Waals surface area contributed by atoms with Crippen LogP contribution in [0.3, 0.4) is 0 Å². The summed E-state index contributed by atoms with van der Waals surface area (Å²) in [7, 11) is 0. The number of carbonyl (C=O) groups excluding carboxylic acids is 1. The lowest BCUT2D eigenvalue weighted by atomic mass is 10.1. The van der Waals surface area contributed by atoms with Gasteiger partial charge in [-0.3, -0.25) is 29.3 Å². The lowest BCUT2D eigenvalue weighted by molar-refractivity contribution is -0.386. The smallest absolute Gasteiger partial charge is 0.394 e. The van der Waals surface area contributed by atoms with Crippen LogP contribution in [0, 0.1) is 22.0 Å². The summed E-state index contributed by atoms with van der Waals surface area (Å²) in [6, 6.07) is 3.78. The number of aliphatic hydroxyl groups excluding tert-OH is 2. The lowest BCUT2D eigenvalue weighted by Crippen LogP contribution is -2.36. The Labute approximate surface area is 217 Å². The molecule has 1 aromatic heterocycles. The number of nitro benzene ring substituents is 1. The number of hydrogen-bond acceptors (Lipinski definition) is 9. The molecule has 4 atom stereocenters. The molecule has 0 saturated carbocycles. The summed E-state index contributed by atoms with van der Waals surface area (Å²) in [5.41, 5.74) is -1.79. The van der Waals surface area contributed by atoms with Gasteiger partial charge in [0.2, 0.25) is 0 Å². The molecule has 1 aliphatic heterocycles. The number of aromatic nitrogens is 2. The first kappa shape index (κ1) is 29.5. The minimum absolute atomic E-state index is 0.00991. The number of hydrogen-bond donors (Lipinski definition) is 4. The molecule has 210 valence electrons. The third kappa shape index (κ3) is 7.29. The van der Waals surface area contributed by atoms with E-state index in [0.29, 0.717) is 0 Å². The molecule has 1 amide bonds. The Hall–Kier alpha value is -4.04. The first-order valence-electron chi connectivity index (χ1n) is 11.3. The van der Waals surface area contributed by atoms with E-state index in [2.05, 4.69) is 16.8 Å². The van der Waals surface area contributed by atoms with Crippen molar-refractivity contribution in [2.45, 2.75) is 50.7 Å². The van der Waals surface area contributed by atoms with E-state index in [-0.39, 0.29) is 29.7 Å². The van der Waals surface area contributed by atoms with Gasteiger partial charge in [0.1, 0.15) is 12.3 Å². The van der Waals surface area contributed by atoms with Crippen LogP contribution in [0.4, 0.5) is 18.9 Å². The second-order valence-corrected chi connectivity index (χ2v) is 8.40. The maximum atomic E-state index is 12.3. The number of benzene rings is 1. The zero-order valence-electron chi connectivity index (χ0n) is 20.2. The van der Waals surface area contributed by atoms with Gasteiger partial charge in [0.15, 0.2) is 0 Å². The van der Waals surface area contributed by atoms with Crippen molar-refractivity contribution in [3.05, 3.63) is 72.0 Å². The van der Waals surface area contributed by atoms with Gasteiger partial charge in [-0.2, -0.15) is 13.2 Å². The average Bonchev–Trinajstić information content (AvgIpc) is 3.25. The van der Waals surface area contributed by atoms with Gasteiger partial charge < -0.3 is 25.0 Å². The Morgan fingerprint density at radius 3 is 2.74 bits per heavy atom. The molecule has 2 aromatic rings. The zero-order valence-corrected chi connectivity index (χ0v) is 20.2. The van der Waals surface area contributed by atoms with Crippen LogP contribution >= 0.6 is 0 Å². The standard InChI is InChI=1S/C23H23F3N4O9/c1-12(15-5-4-13(7-16(15)30(36)37)3-2-6-27-21(34)23(24,25)26)38-11-14-9-29(22(35)28-20(14)33)19-8-17(32)18(10-31)39-19/h4-5,7,9,12,17-19,31-32H,6,8,10-11H2,1H3,(H,27,34)(H,28,33,35)/t12?,17-,18-,19-/m1/s1. The van der Waals surface area contributed by atoms with Crippen LogP contribution in [-0.4, -0.2) is 62.1 Å². The fourth-order valence-electron chi connectivity index (χ4n) is 3.69. The van der Waals surface area contributed by atoms with Crippen LogP contribution in [0.25, 0.3) is 0 Å². The van der Waals surface area contributed by atoms with Gasteiger partial charge in [-0.25, -0.2) is 4.79 Å². The largest absolute Gasteiger partial charge is 0.471 e. The molecule has 1 unspecified atom stereocenters. The Balaban J connectivity index is 1.73. The Morgan fingerprint density at radius 2 is 2.13 bits per heavy atom. The summed E-state index contributed by atoms with van der Waals surface area (Å²) in [6.45, 7) is 0.0105. The molecule has 16 heteroatoms. The van der Waals surface area contributed by atoms with Gasteiger partial charge in [-0.1, -0.05) is 11.8 Å². The SMILES string of the molecule is CC(OCc1cn([C@H]2C[C@@H](O)[C@@H](CO)O2)c(=O)[nH]c1=O)c1ccc(C#CCNC(=O)C(F)(F)F)cc1[N+](=O)[O-]. The maximum Gasteiger partial charge on any atom is 0.471 e. The van der Waals surface area contributed by atoms with E-state index in [1.54, 1.807) is 5.32 Å². The number of nitro groups is 1. The van der Waals surface area contributed by atoms with Crippen molar-refractivity contribution in [3.8, 4) is 11.8 Å². The number of aromatic amines is 1. The highest BCUT2D eigenvalue weighted by Gasteiger charge is 2.38. The maximum absolute atomic E-state index is 12.3. The van der Waals surface area contributed by atoms with Crippen molar-refractivity contribution >= 4 is 11.6 Å². The van der Waals surface area contributed by atoms with Gasteiger partial charge in [-0.15, -0.1) is 0 Å². The molecule has 1 fully saturated rings. The van der Waals surface area contributed by atoms with Gasteiger partial charge in [0.05, 0.1) is 48.0 Å². The highest BCUT2D eigenvalue weighted by Crippen LogP contribution is 2.30. The summed E-state index contributed by atoms with van der Waals surface area (Å²) >= 11 is 0. The van der Waals surface area contributed by atoms with E-state index >= 15 is 0 Å². The van der Waals surface area contributed by atoms with E-state index in [4.69, 9.17) is 9.47 Å². The molecule has 13 nitrogen and oxygen atoms in total. The van der Waals surface area contributed by atoms with E-state index in [0.717, 1.165) is 10.6 Å². The summed E-state index contributed by atoms with van der Waals surface area (Å²) in [5.74, 6) is 2.53. The van der Waals surface area contributed by atoms with Crippen molar-refractivity contribution < 1.29 is 42.6 Å². The van der Waals surface area contributed by atoms with Crippen LogP contribution in [0.1, 0.15) is 42.4 Å². The lowest BCUT2D eigenvalue weighted by Gasteiger charge is -2.17. The summed E-state index contributed by atoms with van der Waals surface area (Å²) in [6.07, 6.45) is -7.70. The summed E-state index contributed by atoms with van der Waals surface area (Å²) in [4.78, 5) is 48.4. The predicted molar refractivity (Wildman–Crippen MR) is 125 cm³/mol. The van der Waals surface area contributed by atoms with E-state index < -0.39 is 71.6 Å². The monoisotopic (exact) mass is 556 g/mol. The molecule has 0 spiro atoms. The average molecular weight is 556 g/mol. The minimum atomic E-state index is -5.06. The number of nitrogens with one attached hydrogen (secondary N) is 2. The van der Waals surface area contributed by atoms with Crippen molar-refractivity contribution in [2.24, 2.45) is 0 Å². The molecule has 2 heterocycles.